The van der Waals surface area contributed by atoms with Crippen LogP contribution in [0.5, 0.6) is 5.75 Å². The lowest BCUT2D eigenvalue weighted by molar-refractivity contribution is -0.384. The van der Waals surface area contributed by atoms with Gasteiger partial charge in [-0.25, -0.2) is 4.79 Å². The first-order valence-electron chi connectivity index (χ1n) is 5.85. The van der Waals surface area contributed by atoms with Crippen molar-refractivity contribution in [2.75, 3.05) is 7.11 Å². The Balaban J connectivity index is 2.38. The van der Waals surface area contributed by atoms with Gasteiger partial charge in [0.15, 0.2) is 0 Å². The number of nitro benzene ring substituents is 1. The van der Waals surface area contributed by atoms with Crippen LogP contribution in [0.1, 0.15) is 5.76 Å². The van der Waals surface area contributed by atoms with Crippen LogP contribution in [0.25, 0.3) is 17.4 Å². The number of hydrogen-bond acceptors (Lipinski definition) is 5. The molecule has 0 spiro atoms. The van der Waals surface area contributed by atoms with Crippen LogP contribution >= 0.6 is 0 Å². The van der Waals surface area contributed by atoms with E-state index in [1.807, 2.05) is 0 Å². The van der Waals surface area contributed by atoms with Crippen LogP contribution in [-0.4, -0.2) is 23.1 Å². The first-order valence-corrected chi connectivity index (χ1v) is 5.85. The second kappa shape index (κ2) is 5.91. The van der Waals surface area contributed by atoms with Gasteiger partial charge in [-0.15, -0.1) is 0 Å². The summed E-state index contributed by atoms with van der Waals surface area (Å²) in [6.07, 6.45) is 2.26. The summed E-state index contributed by atoms with van der Waals surface area (Å²) in [6, 6.07) is 7.37. The quantitative estimate of drug-likeness (QED) is 0.515. The molecule has 0 bridgehead atoms. The maximum atomic E-state index is 10.7. The van der Waals surface area contributed by atoms with Gasteiger partial charge in [0.25, 0.3) is 5.69 Å². The zero-order valence-corrected chi connectivity index (χ0v) is 11.0. The number of carbonyl (C=O) groups is 1. The summed E-state index contributed by atoms with van der Waals surface area (Å²) in [4.78, 5) is 20.7. The highest BCUT2D eigenvalue weighted by atomic mass is 16.6. The van der Waals surface area contributed by atoms with Crippen molar-refractivity contribution in [3.8, 4) is 17.1 Å². The van der Waals surface area contributed by atoms with Crippen molar-refractivity contribution in [3.05, 3.63) is 52.3 Å². The van der Waals surface area contributed by atoms with E-state index in [1.165, 1.54) is 31.4 Å². The minimum Gasteiger partial charge on any atom is -0.496 e. The molecule has 1 N–H and O–H groups in total. The van der Waals surface area contributed by atoms with Crippen LogP contribution in [0.4, 0.5) is 5.69 Å². The summed E-state index contributed by atoms with van der Waals surface area (Å²) in [5.74, 6) is -0.00669. The third kappa shape index (κ3) is 3.27. The number of carboxylic acids is 1. The summed E-state index contributed by atoms with van der Waals surface area (Å²) in [6.45, 7) is 0. The molecule has 0 unspecified atom stereocenters. The molecule has 1 aromatic carbocycles. The number of nitrogens with zero attached hydrogens (tertiary/aromatic N) is 1. The van der Waals surface area contributed by atoms with Crippen molar-refractivity contribution in [3.63, 3.8) is 0 Å². The number of hydrogen-bond donors (Lipinski definition) is 1. The van der Waals surface area contributed by atoms with E-state index < -0.39 is 10.9 Å². The minimum absolute atomic E-state index is 0.0897. The second-order valence-electron chi connectivity index (χ2n) is 4.02. The molecular formula is C14H11NO6. The molecular weight excluding hydrogens is 278 g/mol. The van der Waals surface area contributed by atoms with Gasteiger partial charge in [0.05, 0.1) is 23.7 Å². The van der Waals surface area contributed by atoms with Gasteiger partial charge in [0.1, 0.15) is 17.3 Å². The zero-order valence-electron chi connectivity index (χ0n) is 11.0. The van der Waals surface area contributed by atoms with Gasteiger partial charge < -0.3 is 14.3 Å². The van der Waals surface area contributed by atoms with Crippen molar-refractivity contribution < 1.29 is 24.0 Å². The fourth-order valence-electron chi connectivity index (χ4n) is 1.74. The first-order chi connectivity index (χ1) is 10.0. The van der Waals surface area contributed by atoms with E-state index in [-0.39, 0.29) is 5.69 Å². The van der Waals surface area contributed by atoms with Crippen molar-refractivity contribution in [2.45, 2.75) is 0 Å². The average molecular weight is 289 g/mol. The molecule has 0 aliphatic rings. The normalized spacial score (nSPS) is 10.7. The number of ether oxygens (including phenoxy) is 1. The SMILES string of the molecule is COc1cc([N+](=O)[O-])ccc1-c1ccc(C=CC(=O)O)o1. The van der Waals surface area contributed by atoms with E-state index >= 15 is 0 Å². The van der Waals surface area contributed by atoms with E-state index in [2.05, 4.69) is 0 Å². The van der Waals surface area contributed by atoms with Gasteiger partial charge in [0.2, 0.25) is 0 Å². The molecule has 0 aliphatic carbocycles. The van der Waals surface area contributed by atoms with Crippen LogP contribution in [-0.2, 0) is 4.79 Å². The minimum atomic E-state index is -1.08. The van der Waals surface area contributed by atoms with E-state index in [9.17, 15) is 14.9 Å². The maximum absolute atomic E-state index is 10.7. The summed E-state index contributed by atoms with van der Waals surface area (Å²) in [5.41, 5.74) is 0.450. The van der Waals surface area contributed by atoms with E-state index in [4.69, 9.17) is 14.3 Å². The number of non-ortho nitro benzene ring substituents is 1. The molecule has 1 heterocycles. The van der Waals surface area contributed by atoms with Crippen LogP contribution < -0.4 is 4.74 Å². The van der Waals surface area contributed by atoms with Crippen LogP contribution in [0.2, 0.25) is 0 Å². The Labute approximate surface area is 119 Å². The predicted molar refractivity (Wildman–Crippen MR) is 74.0 cm³/mol. The number of rotatable bonds is 5. The smallest absolute Gasteiger partial charge is 0.328 e. The maximum Gasteiger partial charge on any atom is 0.328 e. The van der Waals surface area contributed by atoms with Gasteiger partial charge in [-0.1, -0.05) is 0 Å². The fourth-order valence-corrected chi connectivity index (χ4v) is 1.74. The first kappa shape index (κ1) is 14.3. The number of furan rings is 1. The molecule has 0 fully saturated rings. The van der Waals surface area contributed by atoms with E-state index in [0.717, 1.165) is 6.08 Å². The lowest BCUT2D eigenvalue weighted by atomic mass is 10.1. The number of aliphatic carboxylic acids is 1. The Morgan fingerprint density at radius 2 is 2.14 bits per heavy atom. The van der Waals surface area contributed by atoms with Gasteiger partial charge in [0, 0.05) is 12.1 Å². The Hall–Kier alpha value is -3.09. The average Bonchev–Trinajstić information content (AvgIpc) is 2.93. The highest BCUT2D eigenvalue weighted by molar-refractivity contribution is 5.85. The van der Waals surface area contributed by atoms with Gasteiger partial charge in [-0.2, -0.15) is 0 Å². The summed E-state index contributed by atoms with van der Waals surface area (Å²) < 4.78 is 10.6. The molecule has 0 aliphatic heterocycles. The van der Waals surface area contributed by atoms with Gasteiger partial charge in [-0.05, 0) is 24.3 Å². The van der Waals surface area contributed by atoms with Gasteiger partial charge in [-0.3, -0.25) is 10.1 Å². The Kier molecular flexibility index (Phi) is 4.03. The Morgan fingerprint density at radius 3 is 2.76 bits per heavy atom. The highest BCUT2D eigenvalue weighted by Crippen LogP contribution is 2.34. The van der Waals surface area contributed by atoms with Crippen LogP contribution in [0, 0.1) is 10.1 Å². The molecule has 1 aromatic heterocycles. The van der Waals surface area contributed by atoms with Crippen molar-refractivity contribution >= 4 is 17.7 Å². The number of carboxylic acid groups (broad SMARTS) is 1. The lowest BCUT2D eigenvalue weighted by Crippen LogP contribution is -1.92. The van der Waals surface area contributed by atoms with Crippen molar-refractivity contribution in [2.24, 2.45) is 0 Å². The Bertz CT molecular complexity index is 716. The molecule has 7 nitrogen and oxygen atoms in total. The lowest BCUT2D eigenvalue weighted by Gasteiger charge is -2.05. The molecule has 108 valence electrons. The van der Waals surface area contributed by atoms with Crippen molar-refractivity contribution in [1.29, 1.82) is 0 Å². The molecule has 0 saturated carbocycles. The highest BCUT2D eigenvalue weighted by Gasteiger charge is 2.15. The molecule has 0 atom stereocenters. The van der Waals surface area contributed by atoms with Crippen LogP contribution in [0.15, 0.2) is 40.8 Å². The number of nitro groups is 1. The molecule has 0 saturated heterocycles. The number of benzene rings is 1. The van der Waals surface area contributed by atoms with Crippen molar-refractivity contribution in [1.82, 2.24) is 0 Å². The van der Waals surface area contributed by atoms with E-state index in [0.29, 0.717) is 22.8 Å². The molecule has 21 heavy (non-hydrogen) atoms. The fraction of sp³-hybridized carbons (Fsp3) is 0.0714. The standard InChI is InChI=1S/C14H11NO6/c1-20-13-8-9(15(18)19)2-5-11(13)12-6-3-10(21-12)4-7-14(16)17/h2-8H,1H3,(H,16,17). The molecule has 2 rings (SSSR count). The molecule has 2 aromatic rings. The molecule has 7 heteroatoms. The molecule has 0 amide bonds. The Morgan fingerprint density at radius 1 is 1.38 bits per heavy atom. The summed E-state index contributed by atoms with van der Waals surface area (Å²) in [5, 5.41) is 19.3. The summed E-state index contributed by atoms with van der Waals surface area (Å²) in [7, 11) is 1.40. The summed E-state index contributed by atoms with van der Waals surface area (Å²) >= 11 is 0. The predicted octanol–water partition coefficient (Wildman–Crippen LogP) is 2.96. The largest absolute Gasteiger partial charge is 0.496 e. The van der Waals surface area contributed by atoms with E-state index in [1.54, 1.807) is 12.1 Å². The zero-order chi connectivity index (χ0) is 15.4. The third-order valence-electron chi connectivity index (χ3n) is 2.68. The van der Waals surface area contributed by atoms with Gasteiger partial charge >= 0.3 is 5.97 Å². The second-order valence-corrected chi connectivity index (χ2v) is 4.02. The molecule has 0 radical (unpaired) electrons. The monoisotopic (exact) mass is 289 g/mol. The van der Waals surface area contributed by atoms with Crippen LogP contribution in [0.3, 0.4) is 0 Å². The third-order valence-corrected chi connectivity index (χ3v) is 2.68. The topological polar surface area (TPSA) is 103 Å². The number of methoxy groups -OCH3 is 1.